The fourth-order valence-corrected chi connectivity index (χ4v) is 4.60. The van der Waals surface area contributed by atoms with Crippen LogP contribution >= 0.6 is 0 Å². The van der Waals surface area contributed by atoms with Crippen LogP contribution in [0, 0.1) is 0 Å². The molecule has 6 rings (SSSR count). The average molecular weight is 532 g/mol. The third-order valence-electron chi connectivity index (χ3n) is 6.53. The van der Waals surface area contributed by atoms with Gasteiger partial charge in [0.05, 0.1) is 41.5 Å². The maximum Gasteiger partial charge on any atom is 0.343 e. The van der Waals surface area contributed by atoms with Crippen molar-refractivity contribution in [3.8, 4) is 22.5 Å². The Bertz CT molecular complexity index is 1890. The lowest BCUT2D eigenvalue weighted by Gasteiger charge is -2.11. The number of fused-ring (bicyclic) bond motifs is 2. The Morgan fingerprint density at radius 1 is 0.925 bits per heavy atom. The molecule has 0 fully saturated rings. The number of para-hydroxylation sites is 1. The summed E-state index contributed by atoms with van der Waals surface area (Å²) in [6.45, 7) is 4.76. The molecule has 40 heavy (non-hydrogen) atoms. The summed E-state index contributed by atoms with van der Waals surface area (Å²) < 4.78 is 8.54. The molecule has 10 heteroatoms. The summed E-state index contributed by atoms with van der Waals surface area (Å²) in [5, 5.41) is 12.5. The number of hydrogen-bond acceptors (Lipinski definition) is 7. The molecule has 0 atom stereocenters. The normalized spacial score (nSPS) is 11.2. The van der Waals surface area contributed by atoms with Crippen LogP contribution in [0.1, 0.15) is 34.6 Å². The molecule has 0 unspecified atom stereocenters. The monoisotopic (exact) mass is 531 g/mol. The first-order chi connectivity index (χ1) is 19.6. The number of ether oxygens (including phenoxy) is 1. The number of pyridine rings is 1. The van der Waals surface area contributed by atoms with Crippen LogP contribution in [-0.4, -0.2) is 47.8 Å². The highest BCUT2D eigenvalue weighted by Gasteiger charge is 2.18. The molecule has 0 spiro atoms. The first kappa shape index (κ1) is 24.9. The van der Waals surface area contributed by atoms with Crippen LogP contribution < -0.4 is 5.32 Å². The minimum atomic E-state index is -0.478. The summed E-state index contributed by atoms with van der Waals surface area (Å²) in [5.41, 5.74) is 5.53. The molecule has 10 nitrogen and oxygen atoms in total. The Kier molecular flexibility index (Phi) is 6.49. The number of nitrogens with one attached hydrogen (secondary N) is 1. The minimum Gasteiger partial charge on any atom is -0.462 e. The highest BCUT2D eigenvalue weighted by Crippen LogP contribution is 2.27. The zero-order valence-corrected chi connectivity index (χ0v) is 21.9. The Labute approximate surface area is 229 Å². The Morgan fingerprint density at radius 2 is 1.80 bits per heavy atom. The van der Waals surface area contributed by atoms with Crippen LogP contribution in [0.15, 0.2) is 85.5 Å². The van der Waals surface area contributed by atoms with Crippen LogP contribution in [0.4, 0.5) is 5.69 Å². The number of carbonyl (C=O) groups is 2. The van der Waals surface area contributed by atoms with E-state index in [1.807, 2.05) is 66.3 Å². The highest BCUT2D eigenvalue weighted by molar-refractivity contribution is 6.13. The number of hydrogen-bond donors (Lipinski definition) is 1. The van der Waals surface area contributed by atoms with Crippen molar-refractivity contribution in [3.63, 3.8) is 0 Å². The van der Waals surface area contributed by atoms with Gasteiger partial charge < -0.3 is 10.1 Å². The lowest BCUT2D eigenvalue weighted by atomic mass is 10.0. The van der Waals surface area contributed by atoms with Crippen LogP contribution in [0.5, 0.6) is 0 Å². The van der Waals surface area contributed by atoms with E-state index >= 15 is 0 Å². The number of rotatable bonds is 7. The van der Waals surface area contributed by atoms with Crippen LogP contribution in [-0.2, 0) is 11.3 Å². The number of carbonyl (C=O) groups excluding carboxylic acids is 2. The predicted molar refractivity (Wildman–Crippen MR) is 151 cm³/mol. The van der Waals surface area contributed by atoms with E-state index in [1.54, 1.807) is 36.0 Å². The number of amides is 1. The number of anilines is 1. The van der Waals surface area contributed by atoms with Gasteiger partial charge in [0.2, 0.25) is 0 Å². The van der Waals surface area contributed by atoms with Gasteiger partial charge in [-0.15, -0.1) is 0 Å². The largest absolute Gasteiger partial charge is 0.462 e. The summed E-state index contributed by atoms with van der Waals surface area (Å²) in [7, 11) is 0. The molecule has 6 aromatic rings. The molecular weight excluding hydrogens is 506 g/mol. The van der Waals surface area contributed by atoms with E-state index in [0.29, 0.717) is 28.3 Å². The van der Waals surface area contributed by atoms with Crippen LogP contribution in [0.3, 0.4) is 0 Å². The van der Waals surface area contributed by atoms with Crippen molar-refractivity contribution < 1.29 is 14.3 Å². The average Bonchev–Trinajstić information content (AvgIpc) is 3.64. The second-order valence-electron chi connectivity index (χ2n) is 9.04. The number of nitrogens with zero attached hydrogens (tertiary/aromatic N) is 6. The molecule has 0 saturated heterocycles. The van der Waals surface area contributed by atoms with E-state index in [0.717, 1.165) is 28.6 Å². The zero-order chi connectivity index (χ0) is 27.6. The van der Waals surface area contributed by atoms with Gasteiger partial charge >= 0.3 is 5.97 Å². The minimum absolute atomic E-state index is 0.258. The number of benzene rings is 2. The van der Waals surface area contributed by atoms with E-state index < -0.39 is 5.97 Å². The first-order valence-corrected chi connectivity index (χ1v) is 12.9. The quantitative estimate of drug-likeness (QED) is 0.279. The van der Waals surface area contributed by atoms with Crippen molar-refractivity contribution in [1.82, 2.24) is 29.4 Å². The van der Waals surface area contributed by atoms with Gasteiger partial charge in [-0.1, -0.05) is 30.3 Å². The summed E-state index contributed by atoms with van der Waals surface area (Å²) in [5.74, 6) is -0.738. The maximum atomic E-state index is 13.6. The van der Waals surface area contributed by atoms with Crippen LogP contribution in [0.2, 0.25) is 0 Å². The molecule has 0 aliphatic heterocycles. The van der Waals surface area contributed by atoms with Crippen molar-refractivity contribution in [2.24, 2.45) is 0 Å². The van der Waals surface area contributed by atoms with Gasteiger partial charge in [-0.2, -0.15) is 10.2 Å². The molecule has 0 aliphatic rings. The molecule has 1 amide bonds. The summed E-state index contributed by atoms with van der Waals surface area (Å²) >= 11 is 0. The molecule has 2 aromatic carbocycles. The molecule has 198 valence electrons. The highest BCUT2D eigenvalue weighted by atomic mass is 16.5. The van der Waals surface area contributed by atoms with Crippen molar-refractivity contribution in [2.75, 3.05) is 11.9 Å². The summed E-state index contributed by atoms with van der Waals surface area (Å²) in [4.78, 5) is 35.1. The van der Waals surface area contributed by atoms with Gasteiger partial charge in [0, 0.05) is 41.1 Å². The second-order valence-corrected chi connectivity index (χ2v) is 9.04. The fourth-order valence-electron chi connectivity index (χ4n) is 4.60. The van der Waals surface area contributed by atoms with Gasteiger partial charge in [-0.25, -0.2) is 19.3 Å². The lowest BCUT2D eigenvalue weighted by molar-refractivity contribution is 0.0528. The van der Waals surface area contributed by atoms with Crippen LogP contribution in [0.25, 0.3) is 39.1 Å². The number of esters is 1. The van der Waals surface area contributed by atoms with Gasteiger partial charge in [0.25, 0.3) is 5.91 Å². The van der Waals surface area contributed by atoms with Gasteiger partial charge in [0.15, 0.2) is 5.65 Å². The van der Waals surface area contributed by atoms with Crippen molar-refractivity contribution >= 4 is 34.1 Å². The summed E-state index contributed by atoms with van der Waals surface area (Å²) in [6, 6.07) is 18.6. The van der Waals surface area contributed by atoms with Gasteiger partial charge in [-0.05, 0) is 44.2 Å². The van der Waals surface area contributed by atoms with E-state index in [-0.39, 0.29) is 18.1 Å². The number of aryl methyl sites for hydroxylation is 1. The molecule has 0 aliphatic carbocycles. The fraction of sp³-hybridized carbons (Fsp3) is 0.133. The van der Waals surface area contributed by atoms with E-state index in [9.17, 15) is 9.59 Å². The third kappa shape index (κ3) is 4.55. The van der Waals surface area contributed by atoms with Gasteiger partial charge in [0.1, 0.15) is 5.56 Å². The van der Waals surface area contributed by atoms with Crippen molar-refractivity contribution in [2.45, 2.75) is 20.4 Å². The Hall–Kier alpha value is -5.38. The SMILES string of the molecule is CCOC(=O)c1cnn2c(-c3cccc(NC(=O)c4cc(-c5cnn(CC)c5)nc5ccccc45)c3)ccnc12. The second kappa shape index (κ2) is 10.4. The predicted octanol–water partition coefficient (Wildman–Crippen LogP) is 5.26. The number of aromatic nitrogens is 6. The van der Waals surface area contributed by atoms with Gasteiger partial charge in [-0.3, -0.25) is 9.48 Å². The van der Waals surface area contributed by atoms with E-state index in [1.165, 1.54) is 6.20 Å². The first-order valence-electron chi connectivity index (χ1n) is 12.9. The lowest BCUT2D eigenvalue weighted by Crippen LogP contribution is -2.13. The molecular formula is C30H25N7O3. The molecule has 0 radical (unpaired) electrons. The molecule has 4 aromatic heterocycles. The van der Waals surface area contributed by atoms with E-state index in [2.05, 4.69) is 20.5 Å². The Morgan fingerprint density at radius 3 is 2.62 bits per heavy atom. The van der Waals surface area contributed by atoms with E-state index in [4.69, 9.17) is 9.72 Å². The molecule has 4 heterocycles. The topological polar surface area (TPSA) is 116 Å². The van der Waals surface area contributed by atoms with Crippen molar-refractivity contribution in [1.29, 1.82) is 0 Å². The molecule has 0 saturated carbocycles. The molecule has 0 bridgehead atoms. The standard InChI is InChI=1S/C30H25N7O3/c1-3-36-18-20(16-32-36)26-15-23(22-10-5-6-11-25(22)35-26)29(38)34-21-9-7-8-19(14-21)27-12-13-31-28-24(17-33-37(27)28)30(39)40-4-2/h5-18H,3-4H2,1-2H3,(H,34,38). The maximum absolute atomic E-state index is 13.6. The smallest absolute Gasteiger partial charge is 0.343 e. The summed E-state index contributed by atoms with van der Waals surface area (Å²) in [6.07, 6.45) is 6.74. The zero-order valence-electron chi connectivity index (χ0n) is 21.9. The third-order valence-corrected chi connectivity index (χ3v) is 6.53. The molecule has 1 N–H and O–H groups in total. The van der Waals surface area contributed by atoms with Crippen molar-refractivity contribution in [3.05, 3.63) is 96.6 Å². The Balaban J connectivity index is 1.35.